The Kier molecular flexibility index (Phi) is 4.14. The van der Waals surface area contributed by atoms with E-state index >= 15 is 0 Å². The molecule has 0 aromatic rings. The molecule has 0 spiro atoms. The van der Waals surface area contributed by atoms with Gasteiger partial charge < -0.3 is 10.0 Å². The van der Waals surface area contributed by atoms with Crippen molar-refractivity contribution in [2.45, 2.75) is 71.4 Å². The Morgan fingerprint density at radius 1 is 1.24 bits per heavy atom. The molecule has 2 atom stereocenters. The van der Waals surface area contributed by atoms with Gasteiger partial charge in [-0.2, -0.15) is 0 Å². The number of aliphatic hydroxyl groups excluding tert-OH is 1. The van der Waals surface area contributed by atoms with Crippen molar-refractivity contribution in [3.63, 3.8) is 0 Å². The third kappa shape index (κ3) is 3.69. The lowest BCUT2D eigenvalue weighted by molar-refractivity contribution is 0.00291. The smallest absolute Gasteiger partial charge is 0.0581 e. The van der Waals surface area contributed by atoms with Gasteiger partial charge in [-0.1, -0.05) is 20.8 Å². The van der Waals surface area contributed by atoms with Gasteiger partial charge in [0.15, 0.2) is 0 Å². The molecule has 0 aromatic carbocycles. The number of hydrogen-bond acceptors (Lipinski definition) is 2. The molecule has 2 unspecified atom stereocenters. The maximum atomic E-state index is 10.2. The SMILES string of the molecule is CCCN(CC1CC(C)(C)CCC1O)C1CC1. The predicted molar refractivity (Wildman–Crippen MR) is 72.0 cm³/mol. The van der Waals surface area contributed by atoms with Crippen LogP contribution >= 0.6 is 0 Å². The van der Waals surface area contributed by atoms with E-state index in [0.717, 1.165) is 19.0 Å². The molecular weight excluding hydrogens is 210 g/mol. The van der Waals surface area contributed by atoms with Gasteiger partial charge in [-0.3, -0.25) is 0 Å². The first-order valence-corrected chi connectivity index (χ1v) is 7.44. The van der Waals surface area contributed by atoms with Crippen molar-refractivity contribution in [2.75, 3.05) is 13.1 Å². The van der Waals surface area contributed by atoms with E-state index in [1.54, 1.807) is 0 Å². The highest BCUT2D eigenvalue weighted by Crippen LogP contribution is 2.40. The fourth-order valence-corrected chi connectivity index (χ4v) is 3.36. The molecule has 2 rings (SSSR count). The topological polar surface area (TPSA) is 23.5 Å². The highest BCUT2D eigenvalue weighted by molar-refractivity contribution is 4.90. The van der Waals surface area contributed by atoms with Gasteiger partial charge in [0.25, 0.3) is 0 Å². The van der Waals surface area contributed by atoms with Gasteiger partial charge in [0, 0.05) is 12.6 Å². The van der Waals surface area contributed by atoms with Crippen molar-refractivity contribution < 1.29 is 5.11 Å². The lowest BCUT2D eigenvalue weighted by atomic mass is 9.70. The summed E-state index contributed by atoms with van der Waals surface area (Å²) in [5.41, 5.74) is 0.436. The van der Waals surface area contributed by atoms with Gasteiger partial charge >= 0.3 is 0 Å². The van der Waals surface area contributed by atoms with Crippen molar-refractivity contribution in [3.05, 3.63) is 0 Å². The van der Waals surface area contributed by atoms with Crippen molar-refractivity contribution in [1.29, 1.82) is 0 Å². The quantitative estimate of drug-likeness (QED) is 0.797. The minimum atomic E-state index is -0.0545. The highest BCUT2D eigenvalue weighted by Gasteiger charge is 2.37. The monoisotopic (exact) mass is 239 g/mol. The van der Waals surface area contributed by atoms with Crippen LogP contribution in [0.4, 0.5) is 0 Å². The Balaban J connectivity index is 1.90. The molecule has 0 saturated heterocycles. The van der Waals surface area contributed by atoms with E-state index in [1.165, 1.54) is 38.6 Å². The predicted octanol–water partition coefficient (Wildman–Crippen LogP) is 3.05. The molecule has 0 aliphatic heterocycles. The average Bonchev–Trinajstić information content (AvgIpc) is 3.06. The molecule has 17 heavy (non-hydrogen) atoms. The average molecular weight is 239 g/mol. The van der Waals surface area contributed by atoms with Crippen LogP contribution in [0.5, 0.6) is 0 Å². The maximum absolute atomic E-state index is 10.2. The van der Waals surface area contributed by atoms with Crippen molar-refractivity contribution >= 4 is 0 Å². The van der Waals surface area contributed by atoms with Gasteiger partial charge in [0.2, 0.25) is 0 Å². The second kappa shape index (κ2) is 5.27. The largest absolute Gasteiger partial charge is 0.393 e. The normalized spacial score (nSPS) is 33.0. The minimum Gasteiger partial charge on any atom is -0.393 e. The highest BCUT2D eigenvalue weighted by atomic mass is 16.3. The third-order valence-corrected chi connectivity index (χ3v) is 4.52. The van der Waals surface area contributed by atoms with E-state index in [1.807, 2.05) is 0 Å². The van der Waals surface area contributed by atoms with E-state index in [4.69, 9.17) is 0 Å². The molecular formula is C15H29NO. The summed E-state index contributed by atoms with van der Waals surface area (Å²) in [5, 5.41) is 10.2. The molecule has 2 aliphatic rings. The van der Waals surface area contributed by atoms with Gasteiger partial charge in [-0.05, 0) is 56.4 Å². The molecule has 0 bridgehead atoms. The van der Waals surface area contributed by atoms with Crippen LogP contribution in [0.2, 0.25) is 0 Å². The lowest BCUT2D eigenvalue weighted by Crippen LogP contribution is -2.42. The van der Waals surface area contributed by atoms with Gasteiger partial charge in [0.05, 0.1) is 6.10 Å². The van der Waals surface area contributed by atoms with Crippen LogP contribution in [0.1, 0.15) is 59.3 Å². The first-order valence-electron chi connectivity index (χ1n) is 7.44. The van der Waals surface area contributed by atoms with E-state index in [-0.39, 0.29) is 6.10 Å². The summed E-state index contributed by atoms with van der Waals surface area (Å²) in [6, 6.07) is 0.840. The number of nitrogens with zero attached hydrogens (tertiary/aromatic N) is 1. The number of aliphatic hydroxyl groups is 1. The molecule has 100 valence electrons. The zero-order chi connectivity index (χ0) is 12.5. The van der Waals surface area contributed by atoms with Gasteiger partial charge in [-0.15, -0.1) is 0 Å². The molecule has 0 amide bonds. The minimum absolute atomic E-state index is 0.0545. The Morgan fingerprint density at radius 3 is 2.53 bits per heavy atom. The molecule has 0 heterocycles. The van der Waals surface area contributed by atoms with Crippen LogP contribution in [0.25, 0.3) is 0 Å². The molecule has 2 heteroatoms. The summed E-state index contributed by atoms with van der Waals surface area (Å²) in [6.07, 6.45) is 7.33. The van der Waals surface area contributed by atoms with Gasteiger partial charge in [0.1, 0.15) is 0 Å². The van der Waals surface area contributed by atoms with E-state index < -0.39 is 0 Å². The van der Waals surface area contributed by atoms with Crippen LogP contribution in [-0.4, -0.2) is 35.2 Å². The standard InChI is InChI=1S/C15H29NO/c1-4-9-16(13-5-6-13)11-12-10-15(2,3)8-7-14(12)17/h12-14,17H,4-11H2,1-3H3. The Hall–Kier alpha value is -0.0800. The summed E-state index contributed by atoms with van der Waals surface area (Å²) in [7, 11) is 0. The van der Waals surface area contributed by atoms with Crippen molar-refractivity contribution in [1.82, 2.24) is 4.90 Å². The van der Waals surface area contributed by atoms with Crippen LogP contribution in [-0.2, 0) is 0 Å². The molecule has 2 nitrogen and oxygen atoms in total. The van der Waals surface area contributed by atoms with E-state index in [0.29, 0.717) is 11.3 Å². The Bertz CT molecular complexity index is 247. The maximum Gasteiger partial charge on any atom is 0.0581 e. The third-order valence-electron chi connectivity index (χ3n) is 4.52. The fourth-order valence-electron chi connectivity index (χ4n) is 3.36. The molecule has 2 aliphatic carbocycles. The van der Waals surface area contributed by atoms with Crippen LogP contribution in [0, 0.1) is 11.3 Å². The number of hydrogen-bond donors (Lipinski definition) is 1. The zero-order valence-corrected chi connectivity index (χ0v) is 11.8. The molecule has 0 radical (unpaired) electrons. The van der Waals surface area contributed by atoms with Crippen LogP contribution in [0.3, 0.4) is 0 Å². The molecule has 1 N–H and O–H groups in total. The second-order valence-corrected chi connectivity index (χ2v) is 6.96. The lowest BCUT2D eigenvalue weighted by Gasteiger charge is -2.40. The second-order valence-electron chi connectivity index (χ2n) is 6.96. The summed E-state index contributed by atoms with van der Waals surface area (Å²) < 4.78 is 0. The summed E-state index contributed by atoms with van der Waals surface area (Å²) in [5.74, 6) is 0.505. The molecule has 2 saturated carbocycles. The van der Waals surface area contributed by atoms with E-state index in [9.17, 15) is 5.11 Å². The van der Waals surface area contributed by atoms with Gasteiger partial charge in [-0.25, -0.2) is 0 Å². The fraction of sp³-hybridized carbons (Fsp3) is 1.00. The Labute approximate surface area is 106 Å². The first kappa shape index (κ1) is 13.4. The van der Waals surface area contributed by atoms with E-state index in [2.05, 4.69) is 25.7 Å². The zero-order valence-electron chi connectivity index (χ0n) is 11.8. The summed E-state index contributed by atoms with van der Waals surface area (Å²) >= 11 is 0. The summed E-state index contributed by atoms with van der Waals surface area (Å²) in [6.45, 7) is 9.31. The van der Waals surface area contributed by atoms with Crippen LogP contribution in [0.15, 0.2) is 0 Å². The van der Waals surface area contributed by atoms with Crippen molar-refractivity contribution in [2.24, 2.45) is 11.3 Å². The Morgan fingerprint density at radius 2 is 1.94 bits per heavy atom. The summed E-state index contributed by atoms with van der Waals surface area (Å²) in [4.78, 5) is 2.63. The molecule has 2 fully saturated rings. The first-order chi connectivity index (χ1) is 8.02. The van der Waals surface area contributed by atoms with Crippen LogP contribution < -0.4 is 0 Å². The van der Waals surface area contributed by atoms with Crippen molar-refractivity contribution in [3.8, 4) is 0 Å². The number of rotatable bonds is 5. The molecule has 0 aromatic heterocycles.